The third-order valence-electron chi connectivity index (χ3n) is 3.77. The second kappa shape index (κ2) is 6.55. The number of aliphatic hydroxyl groups excluding tert-OH is 1. The van der Waals surface area contributed by atoms with Crippen LogP contribution in [0.4, 0.5) is 0 Å². The second-order valence-electron chi connectivity index (χ2n) is 5.29. The van der Waals surface area contributed by atoms with E-state index in [1.165, 1.54) is 32.1 Å². The number of nitrogens with one attached hydrogen (secondary N) is 1. The molecule has 2 N–H and O–H groups in total. The fraction of sp³-hybridized carbons (Fsp3) is 0.600. The highest BCUT2D eigenvalue weighted by atomic mass is 35.5. The number of rotatable bonds is 4. The molecule has 0 spiro atoms. The van der Waals surface area contributed by atoms with E-state index in [-0.39, 0.29) is 6.04 Å². The monoisotopic (exact) mass is 267 g/mol. The van der Waals surface area contributed by atoms with Crippen LogP contribution >= 0.6 is 11.6 Å². The van der Waals surface area contributed by atoms with E-state index in [0.29, 0.717) is 11.1 Å². The van der Waals surface area contributed by atoms with Gasteiger partial charge in [0.2, 0.25) is 0 Å². The Kier molecular flexibility index (Phi) is 5.04. The van der Waals surface area contributed by atoms with Crippen LogP contribution in [0.2, 0.25) is 5.02 Å². The maximum absolute atomic E-state index is 10.3. The molecule has 2 atom stereocenters. The number of hydrogen-bond donors (Lipinski definition) is 2. The first-order chi connectivity index (χ1) is 8.66. The van der Waals surface area contributed by atoms with Crippen LogP contribution in [0.25, 0.3) is 0 Å². The number of benzene rings is 1. The Hall–Kier alpha value is -0.570. The van der Waals surface area contributed by atoms with Gasteiger partial charge in [-0.2, -0.15) is 0 Å². The molecule has 0 aromatic heterocycles. The Bertz CT molecular complexity index is 377. The Labute approximate surface area is 114 Å². The summed E-state index contributed by atoms with van der Waals surface area (Å²) in [5.74, 6) is 0. The van der Waals surface area contributed by atoms with Gasteiger partial charge in [0.05, 0.1) is 6.10 Å². The van der Waals surface area contributed by atoms with Crippen molar-refractivity contribution in [2.45, 2.75) is 57.2 Å². The lowest BCUT2D eigenvalue weighted by Gasteiger charge is -2.29. The molecule has 0 saturated heterocycles. The zero-order valence-electron chi connectivity index (χ0n) is 10.9. The van der Waals surface area contributed by atoms with Gasteiger partial charge in [-0.15, -0.1) is 0 Å². The van der Waals surface area contributed by atoms with Crippen LogP contribution in [0.3, 0.4) is 0 Å². The minimum absolute atomic E-state index is 0.0616. The van der Waals surface area contributed by atoms with Gasteiger partial charge in [0.15, 0.2) is 0 Å². The maximum Gasteiger partial charge on any atom is 0.0940 e. The third-order valence-corrected chi connectivity index (χ3v) is 4.00. The minimum Gasteiger partial charge on any atom is -0.387 e. The summed E-state index contributed by atoms with van der Waals surface area (Å²) in [6, 6.07) is 8.10. The summed E-state index contributed by atoms with van der Waals surface area (Å²) in [4.78, 5) is 0. The highest BCUT2D eigenvalue weighted by Gasteiger charge is 2.21. The van der Waals surface area contributed by atoms with Gasteiger partial charge in [-0.05, 0) is 37.5 Å². The van der Waals surface area contributed by atoms with Crippen LogP contribution in [-0.2, 0) is 0 Å². The van der Waals surface area contributed by atoms with Gasteiger partial charge in [0.25, 0.3) is 0 Å². The zero-order chi connectivity index (χ0) is 13.0. The van der Waals surface area contributed by atoms with Crippen molar-refractivity contribution in [1.82, 2.24) is 5.32 Å². The first-order valence-corrected chi connectivity index (χ1v) is 7.24. The summed E-state index contributed by atoms with van der Waals surface area (Å²) in [6.45, 7) is 2.04. The molecule has 3 heteroatoms. The quantitative estimate of drug-likeness (QED) is 0.872. The molecular formula is C15H22ClNO. The predicted molar refractivity (Wildman–Crippen MR) is 75.9 cm³/mol. The molecule has 2 nitrogen and oxygen atoms in total. The van der Waals surface area contributed by atoms with E-state index < -0.39 is 6.10 Å². The SMILES string of the molecule is CC(NC1CCCCC1)C(O)c1cccc(Cl)c1. The zero-order valence-corrected chi connectivity index (χ0v) is 11.7. The molecule has 0 radical (unpaired) electrons. The molecule has 2 rings (SSSR count). The summed E-state index contributed by atoms with van der Waals surface area (Å²) < 4.78 is 0. The second-order valence-corrected chi connectivity index (χ2v) is 5.73. The summed E-state index contributed by atoms with van der Waals surface area (Å²) in [5.41, 5.74) is 0.887. The lowest BCUT2D eigenvalue weighted by atomic mass is 9.94. The average Bonchev–Trinajstić information content (AvgIpc) is 2.39. The van der Waals surface area contributed by atoms with Gasteiger partial charge < -0.3 is 10.4 Å². The van der Waals surface area contributed by atoms with E-state index in [1.807, 2.05) is 31.2 Å². The van der Waals surface area contributed by atoms with Crippen molar-refractivity contribution in [3.63, 3.8) is 0 Å². The lowest BCUT2D eigenvalue weighted by molar-refractivity contribution is 0.125. The van der Waals surface area contributed by atoms with Gasteiger partial charge in [-0.1, -0.05) is 43.0 Å². The molecule has 1 aromatic rings. The predicted octanol–water partition coefficient (Wildman–Crippen LogP) is 3.68. The largest absolute Gasteiger partial charge is 0.387 e. The summed E-state index contributed by atoms with van der Waals surface area (Å²) in [5, 5.41) is 14.5. The van der Waals surface area contributed by atoms with Crippen molar-refractivity contribution in [1.29, 1.82) is 0 Å². The minimum atomic E-state index is -0.495. The molecule has 18 heavy (non-hydrogen) atoms. The van der Waals surface area contributed by atoms with Crippen molar-refractivity contribution in [3.8, 4) is 0 Å². The van der Waals surface area contributed by atoms with E-state index in [0.717, 1.165) is 5.56 Å². The Morgan fingerprint density at radius 1 is 1.28 bits per heavy atom. The molecule has 1 aromatic carbocycles. The summed E-state index contributed by atoms with van der Waals surface area (Å²) in [7, 11) is 0. The fourth-order valence-corrected chi connectivity index (χ4v) is 2.91. The Balaban J connectivity index is 1.93. The van der Waals surface area contributed by atoms with Crippen LogP contribution in [0, 0.1) is 0 Å². The molecule has 1 aliphatic carbocycles. The summed E-state index contributed by atoms with van der Waals surface area (Å²) >= 11 is 5.95. The van der Waals surface area contributed by atoms with Crippen LogP contribution in [0.5, 0.6) is 0 Å². The maximum atomic E-state index is 10.3. The lowest BCUT2D eigenvalue weighted by Crippen LogP contribution is -2.41. The van der Waals surface area contributed by atoms with Crippen molar-refractivity contribution < 1.29 is 5.11 Å². The number of aliphatic hydroxyl groups is 1. The number of halogens is 1. The Morgan fingerprint density at radius 2 is 2.00 bits per heavy atom. The van der Waals surface area contributed by atoms with Crippen molar-refractivity contribution >= 4 is 11.6 Å². The first-order valence-electron chi connectivity index (χ1n) is 6.86. The van der Waals surface area contributed by atoms with E-state index in [1.54, 1.807) is 0 Å². The van der Waals surface area contributed by atoms with Crippen LogP contribution in [-0.4, -0.2) is 17.2 Å². The normalized spacial score (nSPS) is 20.6. The van der Waals surface area contributed by atoms with Crippen molar-refractivity contribution in [2.24, 2.45) is 0 Å². The molecule has 0 heterocycles. The highest BCUT2D eigenvalue weighted by molar-refractivity contribution is 6.30. The molecular weight excluding hydrogens is 246 g/mol. The van der Waals surface area contributed by atoms with E-state index in [4.69, 9.17) is 11.6 Å². The molecule has 100 valence electrons. The van der Waals surface area contributed by atoms with Crippen LogP contribution in [0.1, 0.15) is 50.7 Å². The molecule has 2 unspecified atom stereocenters. The van der Waals surface area contributed by atoms with Gasteiger partial charge in [-0.25, -0.2) is 0 Å². The molecule has 1 saturated carbocycles. The topological polar surface area (TPSA) is 32.3 Å². The van der Waals surface area contributed by atoms with Gasteiger partial charge in [-0.3, -0.25) is 0 Å². The standard InChI is InChI=1S/C15H22ClNO/c1-11(17-14-8-3-2-4-9-14)15(18)12-6-5-7-13(16)10-12/h5-7,10-11,14-15,17-18H,2-4,8-9H2,1H3. The van der Waals surface area contributed by atoms with Crippen LogP contribution < -0.4 is 5.32 Å². The van der Waals surface area contributed by atoms with Gasteiger partial charge in [0, 0.05) is 17.1 Å². The fourth-order valence-electron chi connectivity index (χ4n) is 2.71. The first kappa shape index (κ1) is 13.9. The van der Waals surface area contributed by atoms with Crippen LogP contribution in [0.15, 0.2) is 24.3 Å². The van der Waals surface area contributed by atoms with Gasteiger partial charge >= 0.3 is 0 Å². The number of hydrogen-bond acceptors (Lipinski definition) is 2. The molecule has 0 amide bonds. The molecule has 1 aliphatic rings. The molecule has 0 bridgehead atoms. The van der Waals surface area contributed by atoms with Crippen molar-refractivity contribution in [2.75, 3.05) is 0 Å². The summed E-state index contributed by atoms with van der Waals surface area (Å²) in [6.07, 6.45) is 5.92. The molecule has 0 aliphatic heterocycles. The smallest absolute Gasteiger partial charge is 0.0940 e. The van der Waals surface area contributed by atoms with E-state index in [9.17, 15) is 5.11 Å². The highest BCUT2D eigenvalue weighted by Crippen LogP contribution is 2.23. The van der Waals surface area contributed by atoms with E-state index >= 15 is 0 Å². The third kappa shape index (κ3) is 3.71. The van der Waals surface area contributed by atoms with Crippen molar-refractivity contribution in [3.05, 3.63) is 34.9 Å². The van der Waals surface area contributed by atoms with Gasteiger partial charge in [0.1, 0.15) is 0 Å². The average molecular weight is 268 g/mol. The molecule has 1 fully saturated rings. The Morgan fingerprint density at radius 3 is 2.67 bits per heavy atom. The van der Waals surface area contributed by atoms with E-state index in [2.05, 4.69) is 5.32 Å².